The standard InChI is InChI=1S/C26H29N7O6S/c1-15-11-16(2)22(17(3)12-15)40(38,39)33-26(24(36)37,8-4-5-21(34)30-25-27-9-10-28-25)31-23(35)18-6-7-20-19(13-18)14-29-32-20/h6-7,9-14,33H,4-5,8H2,1-3H3,(H,29,32)(H,31,35)(H,36,37)(H2,27,28,30,34)/t26-/m0/s1. The lowest BCUT2D eigenvalue weighted by Gasteiger charge is -2.32. The number of H-pyrrole nitrogens is 2. The van der Waals surface area contributed by atoms with E-state index in [0.717, 1.165) is 5.56 Å². The van der Waals surface area contributed by atoms with Gasteiger partial charge in [-0.2, -0.15) is 9.82 Å². The number of aryl methyl sites for hydroxylation is 3. The number of carbonyl (C=O) groups is 3. The van der Waals surface area contributed by atoms with Crippen molar-refractivity contribution in [2.75, 3.05) is 5.32 Å². The van der Waals surface area contributed by atoms with Gasteiger partial charge in [0.2, 0.25) is 27.5 Å². The van der Waals surface area contributed by atoms with Gasteiger partial charge in [-0.05, 0) is 62.9 Å². The van der Waals surface area contributed by atoms with Crippen LogP contribution in [0.2, 0.25) is 0 Å². The van der Waals surface area contributed by atoms with Gasteiger partial charge in [-0.15, -0.1) is 0 Å². The smallest absolute Gasteiger partial charge is 0.345 e. The number of hydrogen-bond acceptors (Lipinski definition) is 7. The summed E-state index contributed by atoms with van der Waals surface area (Å²) >= 11 is 0. The van der Waals surface area contributed by atoms with Crippen LogP contribution in [0.4, 0.5) is 5.95 Å². The molecule has 4 aromatic rings. The number of hydrogen-bond donors (Lipinski definition) is 6. The van der Waals surface area contributed by atoms with Gasteiger partial charge in [-0.1, -0.05) is 17.7 Å². The minimum atomic E-state index is -4.46. The topological polar surface area (TPSA) is 199 Å². The Morgan fingerprint density at radius 3 is 2.45 bits per heavy atom. The van der Waals surface area contributed by atoms with Gasteiger partial charge in [0.1, 0.15) is 0 Å². The molecular weight excluding hydrogens is 538 g/mol. The fourth-order valence-corrected chi connectivity index (χ4v) is 6.37. The number of nitrogens with zero attached hydrogens (tertiary/aromatic N) is 2. The van der Waals surface area contributed by atoms with Crippen molar-refractivity contribution >= 4 is 44.7 Å². The fraction of sp³-hybridized carbons (Fsp3) is 0.269. The molecule has 0 bridgehead atoms. The van der Waals surface area contributed by atoms with Crippen LogP contribution in [-0.2, 0) is 19.6 Å². The monoisotopic (exact) mass is 567 g/mol. The average molecular weight is 568 g/mol. The van der Waals surface area contributed by atoms with E-state index in [1.54, 1.807) is 32.0 Å². The number of sulfonamides is 1. The van der Waals surface area contributed by atoms with Gasteiger partial charge in [0.15, 0.2) is 0 Å². The Morgan fingerprint density at radius 1 is 1.07 bits per heavy atom. The molecule has 2 amide bonds. The van der Waals surface area contributed by atoms with Crippen molar-refractivity contribution in [3.63, 3.8) is 0 Å². The molecule has 0 unspecified atom stereocenters. The number of carboxylic acids is 1. The molecule has 6 N–H and O–H groups in total. The third-order valence-electron chi connectivity index (χ3n) is 6.29. The van der Waals surface area contributed by atoms with Crippen molar-refractivity contribution in [1.82, 2.24) is 30.2 Å². The number of benzene rings is 2. The number of aromatic amines is 2. The van der Waals surface area contributed by atoms with Crippen LogP contribution in [0, 0.1) is 20.8 Å². The first kappa shape index (κ1) is 28.4. The molecule has 0 aliphatic carbocycles. The van der Waals surface area contributed by atoms with Gasteiger partial charge in [-0.25, -0.2) is 18.2 Å². The maximum Gasteiger partial charge on any atom is 0.345 e. The van der Waals surface area contributed by atoms with Crippen LogP contribution in [0.5, 0.6) is 0 Å². The largest absolute Gasteiger partial charge is 0.478 e. The average Bonchev–Trinajstić information content (AvgIpc) is 3.54. The van der Waals surface area contributed by atoms with Crippen LogP contribution in [0.15, 0.2) is 53.8 Å². The van der Waals surface area contributed by atoms with E-state index in [4.69, 9.17) is 0 Å². The zero-order valence-electron chi connectivity index (χ0n) is 22.0. The van der Waals surface area contributed by atoms with E-state index in [0.29, 0.717) is 22.0 Å². The molecule has 13 nitrogen and oxygen atoms in total. The molecule has 4 rings (SSSR count). The Morgan fingerprint density at radius 2 is 1.80 bits per heavy atom. The van der Waals surface area contributed by atoms with Crippen LogP contribution in [0.25, 0.3) is 10.9 Å². The molecule has 2 aromatic carbocycles. The van der Waals surface area contributed by atoms with Gasteiger partial charge in [0.25, 0.3) is 5.91 Å². The van der Waals surface area contributed by atoms with E-state index in [9.17, 15) is 27.9 Å². The summed E-state index contributed by atoms with van der Waals surface area (Å²) < 4.78 is 29.5. The first-order valence-corrected chi connectivity index (χ1v) is 13.8. The van der Waals surface area contributed by atoms with Crippen LogP contribution in [0.1, 0.15) is 46.3 Å². The van der Waals surface area contributed by atoms with Gasteiger partial charge < -0.3 is 15.4 Å². The zero-order chi connectivity index (χ0) is 29.1. The molecule has 40 heavy (non-hydrogen) atoms. The van der Waals surface area contributed by atoms with E-state index in [2.05, 4.69) is 35.5 Å². The molecule has 210 valence electrons. The second kappa shape index (κ2) is 11.3. The molecule has 1 atom stereocenters. The summed E-state index contributed by atoms with van der Waals surface area (Å²) in [5.74, 6) is -2.73. The van der Waals surface area contributed by atoms with E-state index in [1.165, 1.54) is 30.7 Å². The molecule has 0 radical (unpaired) electrons. The maximum absolute atomic E-state index is 13.6. The summed E-state index contributed by atoms with van der Waals surface area (Å²) in [6, 6.07) is 7.90. The predicted octanol–water partition coefficient (Wildman–Crippen LogP) is 2.51. The van der Waals surface area contributed by atoms with Crippen LogP contribution in [-0.4, -0.2) is 57.1 Å². The van der Waals surface area contributed by atoms with Gasteiger partial charge in [0, 0.05) is 29.8 Å². The Labute approximate surface area is 229 Å². The van der Waals surface area contributed by atoms with Crippen molar-refractivity contribution in [2.45, 2.75) is 50.6 Å². The Bertz CT molecular complexity index is 1660. The SMILES string of the molecule is Cc1cc(C)c(S(=O)(=O)N[C@](CCCC(=O)Nc2ncc[nH]2)(NC(=O)c2ccc3[nH]ncc3c2)C(=O)O)c(C)c1. The molecule has 0 saturated carbocycles. The van der Waals surface area contributed by atoms with E-state index in [-0.39, 0.29) is 29.2 Å². The quantitative estimate of drug-likeness (QED) is 0.148. The highest BCUT2D eigenvalue weighted by molar-refractivity contribution is 7.89. The van der Waals surface area contributed by atoms with Crippen molar-refractivity contribution in [2.24, 2.45) is 0 Å². The summed E-state index contributed by atoms with van der Waals surface area (Å²) in [4.78, 5) is 45.0. The number of imidazole rings is 1. The van der Waals surface area contributed by atoms with E-state index < -0.39 is 39.9 Å². The number of aromatic nitrogens is 4. The minimum Gasteiger partial charge on any atom is -0.478 e. The highest BCUT2D eigenvalue weighted by Crippen LogP contribution is 2.25. The Kier molecular flexibility index (Phi) is 8.02. The number of amides is 2. The molecule has 0 saturated heterocycles. The van der Waals surface area contributed by atoms with Crippen molar-refractivity contribution < 1.29 is 27.9 Å². The fourth-order valence-electron chi connectivity index (χ4n) is 4.61. The second-order valence-corrected chi connectivity index (χ2v) is 11.1. The number of anilines is 1. The molecule has 14 heteroatoms. The molecule has 0 spiro atoms. The highest BCUT2D eigenvalue weighted by atomic mass is 32.2. The van der Waals surface area contributed by atoms with Gasteiger partial charge >= 0.3 is 5.97 Å². The third-order valence-corrected chi connectivity index (χ3v) is 8.09. The number of rotatable bonds is 11. The first-order chi connectivity index (χ1) is 18.9. The molecule has 2 heterocycles. The predicted molar refractivity (Wildman–Crippen MR) is 146 cm³/mol. The lowest BCUT2D eigenvalue weighted by molar-refractivity contribution is -0.145. The summed E-state index contributed by atoms with van der Waals surface area (Å²) in [6.45, 7) is 5.03. The van der Waals surface area contributed by atoms with Crippen molar-refractivity contribution in [1.29, 1.82) is 0 Å². The third kappa shape index (κ3) is 6.18. The van der Waals surface area contributed by atoms with Crippen LogP contribution < -0.4 is 15.4 Å². The summed E-state index contributed by atoms with van der Waals surface area (Å²) in [5.41, 5.74) is -0.0519. The lowest BCUT2D eigenvalue weighted by Crippen LogP contribution is -2.65. The number of nitrogens with one attached hydrogen (secondary N) is 5. The number of fused-ring (bicyclic) bond motifs is 1. The highest BCUT2D eigenvalue weighted by Gasteiger charge is 2.44. The summed E-state index contributed by atoms with van der Waals surface area (Å²) in [7, 11) is -4.46. The Balaban J connectivity index is 1.66. The molecule has 0 aliphatic heterocycles. The zero-order valence-corrected chi connectivity index (χ0v) is 22.8. The number of carbonyl (C=O) groups excluding carboxylic acids is 2. The molecule has 0 aliphatic rings. The second-order valence-electron chi connectivity index (χ2n) is 9.51. The molecule has 2 aromatic heterocycles. The minimum absolute atomic E-state index is 0.0890. The van der Waals surface area contributed by atoms with E-state index >= 15 is 0 Å². The van der Waals surface area contributed by atoms with Crippen molar-refractivity contribution in [3.05, 3.63) is 71.2 Å². The molecule has 0 fully saturated rings. The van der Waals surface area contributed by atoms with Crippen LogP contribution >= 0.6 is 0 Å². The van der Waals surface area contributed by atoms with E-state index in [1.807, 2.05) is 6.92 Å². The molecular formula is C26H29N7O6S. The van der Waals surface area contributed by atoms with Crippen molar-refractivity contribution in [3.8, 4) is 0 Å². The summed E-state index contributed by atoms with van der Waals surface area (Å²) in [6.07, 6.45) is 3.78. The summed E-state index contributed by atoms with van der Waals surface area (Å²) in [5, 5.41) is 22.5. The number of aliphatic carboxylic acids is 1. The van der Waals surface area contributed by atoms with Gasteiger partial charge in [-0.3, -0.25) is 20.0 Å². The maximum atomic E-state index is 13.6. The van der Waals surface area contributed by atoms with Gasteiger partial charge in [0.05, 0.1) is 16.6 Å². The normalized spacial score (nSPS) is 13.1. The first-order valence-electron chi connectivity index (χ1n) is 12.3. The number of carboxylic acid groups (broad SMARTS) is 1. The van der Waals surface area contributed by atoms with Crippen LogP contribution in [0.3, 0.4) is 0 Å². The Hall–Kier alpha value is -4.56. The lowest BCUT2D eigenvalue weighted by atomic mass is 10.0.